The van der Waals surface area contributed by atoms with E-state index in [0.29, 0.717) is 0 Å². The Hall–Kier alpha value is -0.530. The fourth-order valence-electron chi connectivity index (χ4n) is 2.43. The van der Waals surface area contributed by atoms with Gasteiger partial charge in [-0.2, -0.15) is 0 Å². The summed E-state index contributed by atoms with van der Waals surface area (Å²) < 4.78 is 0. The summed E-state index contributed by atoms with van der Waals surface area (Å²) in [4.78, 5) is 0. The maximum atomic E-state index is 5.90. The van der Waals surface area contributed by atoms with Crippen molar-refractivity contribution in [1.29, 1.82) is 0 Å². The predicted octanol–water partition coefficient (Wildman–Crippen LogP) is 3.83. The van der Waals surface area contributed by atoms with Crippen molar-refractivity contribution < 1.29 is 0 Å². The summed E-state index contributed by atoms with van der Waals surface area (Å²) in [6.45, 7) is 4.52. The fraction of sp³-hybridized carbons (Fsp3) is 0.571. The van der Waals surface area contributed by atoms with Gasteiger partial charge in [-0.3, -0.25) is 0 Å². The Morgan fingerprint density at radius 1 is 1.25 bits per heavy atom. The summed E-state index contributed by atoms with van der Waals surface area (Å²) in [5, 5.41) is 4.36. The molecule has 1 saturated carbocycles. The predicted molar refractivity (Wildman–Crippen MR) is 70.1 cm³/mol. The van der Waals surface area contributed by atoms with Gasteiger partial charge in [-0.05, 0) is 61.9 Å². The highest BCUT2D eigenvalue weighted by atomic mass is 35.5. The minimum atomic E-state index is 0.752. The van der Waals surface area contributed by atoms with E-state index in [4.69, 9.17) is 11.6 Å². The summed E-state index contributed by atoms with van der Waals surface area (Å²) in [6.07, 6.45) is 3.92. The third-order valence-electron chi connectivity index (χ3n) is 3.55. The average molecular weight is 238 g/mol. The smallest absolute Gasteiger partial charge is 0.0406 e. The molecule has 1 aliphatic rings. The zero-order valence-electron chi connectivity index (χ0n) is 9.88. The first kappa shape index (κ1) is 11.9. The van der Waals surface area contributed by atoms with E-state index < -0.39 is 0 Å². The van der Waals surface area contributed by atoms with Gasteiger partial charge in [-0.1, -0.05) is 30.7 Å². The van der Waals surface area contributed by atoms with Crippen LogP contribution >= 0.6 is 11.6 Å². The second kappa shape index (κ2) is 5.70. The second-order valence-corrected chi connectivity index (χ2v) is 5.14. The van der Waals surface area contributed by atoms with Crippen LogP contribution in [0, 0.1) is 5.92 Å². The first-order valence-electron chi connectivity index (χ1n) is 6.27. The van der Waals surface area contributed by atoms with Crippen LogP contribution in [0.5, 0.6) is 0 Å². The van der Waals surface area contributed by atoms with Gasteiger partial charge in [0.1, 0.15) is 0 Å². The average Bonchev–Trinajstić information content (AvgIpc) is 2.26. The molecule has 1 aromatic carbocycles. The van der Waals surface area contributed by atoms with Crippen LogP contribution in [0.15, 0.2) is 24.3 Å². The summed E-state index contributed by atoms with van der Waals surface area (Å²) >= 11 is 5.90. The van der Waals surface area contributed by atoms with Crippen LogP contribution in [0.2, 0.25) is 5.02 Å². The SMILES string of the molecule is CCCNCC1CCC1c1ccc(Cl)cc1. The van der Waals surface area contributed by atoms with E-state index in [2.05, 4.69) is 24.4 Å². The standard InChI is InChI=1S/C14H20ClN/c1-2-9-16-10-12-5-8-14(12)11-3-6-13(15)7-4-11/h3-4,6-7,12,14,16H,2,5,8-10H2,1H3. The molecule has 2 rings (SSSR count). The molecule has 0 amide bonds. The summed E-state index contributed by atoms with van der Waals surface area (Å²) in [5.74, 6) is 1.58. The van der Waals surface area contributed by atoms with Crippen LogP contribution in [-0.4, -0.2) is 13.1 Å². The Kier molecular flexibility index (Phi) is 4.25. The lowest BCUT2D eigenvalue weighted by Crippen LogP contribution is -2.34. The van der Waals surface area contributed by atoms with Gasteiger partial charge in [0.2, 0.25) is 0 Å². The molecule has 88 valence electrons. The molecule has 1 nitrogen and oxygen atoms in total. The maximum absolute atomic E-state index is 5.90. The monoisotopic (exact) mass is 237 g/mol. The number of rotatable bonds is 5. The maximum Gasteiger partial charge on any atom is 0.0406 e. The minimum absolute atomic E-state index is 0.752. The Morgan fingerprint density at radius 2 is 2.00 bits per heavy atom. The fourth-order valence-corrected chi connectivity index (χ4v) is 2.55. The number of nitrogens with one attached hydrogen (secondary N) is 1. The van der Waals surface area contributed by atoms with Gasteiger partial charge >= 0.3 is 0 Å². The molecule has 1 fully saturated rings. The molecule has 1 aliphatic carbocycles. The summed E-state index contributed by atoms with van der Waals surface area (Å²) in [7, 11) is 0. The van der Waals surface area contributed by atoms with Crippen LogP contribution < -0.4 is 5.32 Å². The highest BCUT2D eigenvalue weighted by Gasteiger charge is 2.31. The lowest BCUT2D eigenvalue weighted by molar-refractivity contribution is 0.246. The Balaban J connectivity index is 1.88. The summed E-state index contributed by atoms with van der Waals surface area (Å²) in [6, 6.07) is 8.37. The van der Waals surface area contributed by atoms with Gasteiger partial charge in [0.15, 0.2) is 0 Å². The molecule has 2 heteroatoms. The lowest BCUT2D eigenvalue weighted by atomic mass is 9.70. The van der Waals surface area contributed by atoms with Crippen molar-refractivity contribution in [3.63, 3.8) is 0 Å². The Labute approximate surface area is 103 Å². The minimum Gasteiger partial charge on any atom is -0.316 e. The normalized spacial score (nSPS) is 24.1. The summed E-state index contributed by atoms with van der Waals surface area (Å²) in [5.41, 5.74) is 1.46. The number of hydrogen-bond donors (Lipinski definition) is 1. The molecular formula is C14H20ClN. The molecule has 2 atom stereocenters. The topological polar surface area (TPSA) is 12.0 Å². The van der Waals surface area contributed by atoms with Gasteiger partial charge in [-0.25, -0.2) is 0 Å². The van der Waals surface area contributed by atoms with E-state index in [1.165, 1.54) is 31.4 Å². The zero-order chi connectivity index (χ0) is 11.4. The highest BCUT2D eigenvalue weighted by molar-refractivity contribution is 6.30. The molecule has 16 heavy (non-hydrogen) atoms. The largest absolute Gasteiger partial charge is 0.316 e. The van der Waals surface area contributed by atoms with Gasteiger partial charge in [0.25, 0.3) is 0 Å². The van der Waals surface area contributed by atoms with Gasteiger partial charge < -0.3 is 5.32 Å². The molecule has 0 spiro atoms. The molecule has 0 heterocycles. The first-order valence-corrected chi connectivity index (χ1v) is 6.65. The van der Waals surface area contributed by atoms with Crippen molar-refractivity contribution in [3.8, 4) is 0 Å². The van der Waals surface area contributed by atoms with Crippen LogP contribution in [0.4, 0.5) is 0 Å². The molecular weight excluding hydrogens is 218 g/mol. The van der Waals surface area contributed by atoms with Crippen LogP contribution in [0.1, 0.15) is 37.7 Å². The zero-order valence-corrected chi connectivity index (χ0v) is 10.6. The Bertz CT molecular complexity index is 320. The highest BCUT2D eigenvalue weighted by Crippen LogP contribution is 2.42. The molecule has 0 aromatic heterocycles. The number of benzene rings is 1. The van der Waals surface area contributed by atoms with E-state index in [0.717, 1.165) is 23.4 Å². The van der Waals surface area contributed by atoms with Crippen molar-refractivity contribution >= 4 is 11.6 Å². The quantitative estimate of drug-likeness (QED) is 0.768. The first-order chi connectivity index (χ1) is 7.81. The Morgan fingerprint density at radius 3 is 2.56 bits per heavy atom. The van der Waals surface area contributed by atoms with E-state index in [1.807, 2.05) is 12.1 Å². The van der Waals surface area contributed by atoms with Gasteiger partial charge in [0.05, 0.1) is 0 Å². The third-order valence-corrected chi connectivity index (χ3v) is 3.80. The molecule has 0 bridgehead atoms. The number of halogens is 1. The van der Waals surface area contributed by atoms with Crippen LogP contribution in [0.3, 0.4) is 0 Å². The molecule has 1 N–H and O–H groups in total. The van der Waals surface area contributed by atoms with E-state index >= 15 is 0 Å². The van der Waals surface area contributed by atoms with E-state index in [1.54, 1.807) is 0 Å². The van der Waals surface area contributed by atoms with Crippen LogP contribution in [-0.2, 0) is 0 Å². The molecule has 2 unspecified atom stereocenters. The molecule has 0 saturated heterocycles. The van der Waals surface area contributed by atoms with Gasteiger partial charge in [0, 0.05) is 5.02 Å². The second-order valence-electron chi connectivity index (χ2n) is 4.70. The van der Waals surface area contributed by atoms with E-state index in [9.17, 15) is 0 Å². The third kappa shape index (κ3) is 2.78. The van der Waals surface area contributed by atoms with Crippen molar-refractivity contribution in [3.05, 3.63) is 34.9 Å². The van der Waals surface area contributed by atoms with Crippen molar-refractivity contribution in [2.24, 2.45) is 5.92 Å². The number of hydrogen-bond acceptors (Lipinski definition) is 1. The van der Waals surface area contributed by atoms with Gasteiger partial charge in [-0.15, -0.1) is 0 Å². The van der Waals surface area contributed by atoms with Crippen molar-refractivity contribution in [2.45, 2.75) is 32.1 Å². The van der Waals surface area contributed by atoms with E-state index in [-0.39, 0.29) is 0 Å². The molecule has 0 aliphatic heterocycles. The lowest BCUT2D eigenvalue weighted by Gasteiger charge is -2.37. The van der Waals surface area contributed by atoms with Crippen molar-refractivity contribution in [1.82, 2.24) is 5.32 Å². The molecule has 0 radical (unpaired) electrons. The molecule has 1 aromatic rings. The van der Waals surface area contributed by atoms with Crippen LogP contribution in [0.25, 0.3) is 0 Å². The van der Waals surface area contributed by atoms with Crippen molar-refractivity contribution in [2.75, 3.05) is 13.1 Å².